The van der Waals surface area contributed by atoms with Gasteiger partial charge in [-0.1, -0.05) is 30.3 Å². The van der Waals surface area contributed by atoms with E-state index < -0.39 is 11.9 Å². The molecule has 8 heteroatoms. The quantitative estimate of drug-likeness (QED) is 0.482. The molecular weight excluding hydrogens is 400 g/mol. The fraction of sp³-hybridized carbons (Fsp3) is 0.261. The van der Waals surface area contributed by atoms with Crippen molar-refractivity contribution < 1.29 is 29.0 Å². The van der Waals surface area contributed by atoms with Gasteiger partial charge in [-0.2, -0.15) is 0 Å². The highest BCUT2D eigenvalue weighted by Gasteiger charge is 2.14. The molecule has 0 aliphatic heterocycles. The molecular formula is C23H24N2O6. The third-order valence-electron chi connectivity index (χ3n) is 4.57. The molecule has 0 aliphatic carbocycles. The van der Waals surface area contributed by atoms with Crippen LogP contribution < -0.4 is 4.74 Å². The molecule has 0 amide bonds. The molecule has 2 aromatic carbocycles. The van der Waals surface area contributed by atoms with Crippen LogP contribution in [0, 0.1) is 6.92 Å². The highest BCUT2D eigenvalue weighted by atomic mass is 16.5. The Morgan fingerprint density at radius 1 is 1.00 bits per heavy atom. The number of aromatic nitrogens is 1. The number of nitrogens with zero attached hydrogens (tertiary/aromatic N) is 2. The minimum absolute atomic E-state index is 0.222. The maximum atomic E-state index is 10.9. The molecule has 1 heterocycles. The van der Waals surface area contributed by atoms with Crippen molar-refractivity contribution in [3.05, 3.63) is 71.6 Å². The van der Waals surface area contributed by atoms with Crippen LogP contribution in [-0.2, 0) is 22.6 Å². The Balaban J connectivity index is 1.53. The predicted octanol–water partition coefficient (Wildman–Crippen LogP) is 3.24. The molecule has 3 aromatic rings. The van der Waals surface area contributed by atoms with Crippen LogP contribution in [0.1, 0.15) is 17.0 Å². The molecule has 31 heavy (non-hydrogen) atoms. The van der Waals surface area contributed by atoms with E-state index in [2.05, 4.69) is 4.98 Å². The molecule has 0 radical (unpaired) electrons. The lowest BCUT2D eigenvalue weighted by atomic mass is 10.2. The van der Waals surface area contributed by atoms with Gasteiger partial charge in [-0.05, 0) is 36.8 Å². The summed E-state index contributed by atoms with van der Waals surface area (Å²) in [5, 5.41) is 17.9. The molecule has 8 nitrogen and oxygen atoms in total. The van der Waals surface area contributed by atoms with E-state index >= 15 is 0 Å². The summed E-state index contributed by atoms with van der Waals surface area (Å²) in [4.78, 5) is 27.7. The molecule has 3 rings (SSSR count). The second-order valence-electron chi connectivity index (χ2n) is 7.06. The van der Waals surface area contributed by atoms with Crippen LogP contribution in [0.5, 0.6) is 5.75 Å². The number of hydrogen-bond acceptors (Lipinski definition) is 6. The van der Waals surface area contributed by atoms with Gasteiger partial charge in [0.25, 0.3) is 0 Å². The number of aryl methyl sites for hydroxylation is 1. The van der Waals surface area contributed by atoms with E-state index in [0.717, 1.165) is 22.6 Å². The number of benzene rings is 2. The Kier molecular flexibility index (Phi) is 7.40. The molecule has 0 saturated carbocycles. The SMILES string of the molecule is Cc1oc(-c2ccccc2)nc1CCOc1ccc(CN(CC(=O)O)CC(=O)O)cc1. The van der Waals surface area contributed by atoms with Crippen molar-refractivity contribution in [2.24, 2.45) is 0 Å². The molecule has 0 fully saturated rings. The van der Waals surface area contributed by atoms with Crippen LogP contribution in [0.25, 0.3) is 11.5 Å². The maximum Gasteiger partial charge on any atom is 0.317 e. The zero-order valence-corrected chi connectivity index (χ0v) is 17.2. The van der Waals surface area contributed by atoms with Crippen LogP contribution in [0.2, 0.25) is 0 Å². The Hall–Kier alpha value is -3.65. The first-order valence-electron chi connectivity index (χ1n) is 9.80. The summed E-state index contributed by atoms with van der Waals surface area (Å²) in [6.07, 6.45) is 0.592. The van der Waals surface area contributed by atoms with Crippen molar-refractivity contribution in [1.82, 2.24) is 9.88 Å². The number of carbonyl (C=O) groups is 2. The average Bonchev–Trinajstić information content (AvgIpc) is 3.10. The van der Waals surface area contributed by atoms with Gasteiger partial charge < -0.3 is 19.4 Å². The van der Waals surface area contributed by atoms with Crippen molar-refractivity contribution in [2.45, 2.75) is 19.9 Å². The Morgan fingerprint density at radius 3 is 2.26 bits per heavy atom. The Labute approximate surface area is 179 Å². The molecule has 0 atom stereocenters. The van der Waals surface area contributed by atoms with Gasteiger partial charge >= 0.3 is 11.9 Å². The van der Waals surface area contributed by atoms with Crippen LogP contribution in [0.4, 0.5) is 0 Å². The smallest absolute Gasteiger partial charge is 0.317 e. The van der Waals surface area contributed by atoms with Gasteiger partial charge in [0.2, 0.25) is 5.89 Å². The monoisotopic (exact) mass is 424 g/mol. The number of ether oxygens (including phenoxy) is 1. The van der Waals surface area contributed by atoms with Crippen molar-refractivity contribution in [2.75, 3.05) is 19.7 Å². The number of rotatable bonds is 11. The van der Waals surface area contributed by atoms with E-state index in [1.54, 1.807) is 24.3 Å². The second kappa shape index (κ2) is 10.4. The molecule has 0 bridgehead atoms. The zero-order chi connectivity index (χ0) is 22.2. The lowest BCUT2D eigenvalue weighted by molar-refractivity contribution is -0.142. The normalized spacial score (nSPS) is 10.9. The lowest BCUT2D eigenvalue weighted by Gasteiger charge is -2.18. The molecule has 0 spiro atoms. The molecule has 0 unspecified atom stereocenters. The van der Waals surface area contributed by atoms with Crippen LogP contribution in [-0.4, -0.2) is 51.7 Å². The number of carboxylic acids is 2. The summed E-state index contributed by atoms with van der Waals surface area (Å²) >= 11 is 0. The first-order chi connectivity index (χ1) is 14.9. The first kappa shape index (κ1) is 22.0. The van der Waals surface area contributed by atoms with Gasteiger partial charge in [-0.15, -0.1) is 0 Å². The third-order valence-corrected chi connectivity index (χ3v) is 4.57. The maximum absolute atomic E-state index is 10.9. The highest BCUT2D eigenvalue weighted by Crippen LogP contribution is 2.22. The van der Waals surface area contributed by atoms with Crippen LogP contribution >= 0.6 is 0 Å². The minimum Gasteiger partial charge on any atom is -0.493 e. The second-order valence-corrected chi connectivity index (χ2v) is 7.06. The molecule has 1 aromatic heterocycles. The van der Waals surface area contributed by atoms with Crippen molar-refractivity contribution >= 4 is 11.9 Å². The van der Waals surface area contributed by atoms with Crippen LogP contribution in [0.15, 0.2) is 59.0 Å². The van der Waals surface area contributed by atoms with E-state index in [-0.39, 0.29) is 19.6 Å². The standard InChI is InChI=1S/C23H24N2O6/c1-16-20(24-23(31-16)18-5-3-2-4-6-18)11-12-30-19-9-7-17(8-10-19)13-25(14-21(26)27)15-22(28)29/h2-10H,11-15H2,1H3,(H,26,27)(H,28,29). The Bertz CT molecular complexity index is 998. The van der Waals surface area contributed by atoms with E-state index in [4.69, 9.17) is 19.4 Å². The zero-order valence-electron chi connectivity index (χ0n) is 17.2. The van der Waals surface area contributed by atoms with Crippen molar-refractivity contribution in [3.8, 4) is 17.2 Å². The minimum atomic E-state index is -1.07. The van der Waals surface area contributed by atoms with Gasteiger partial charge in [0.15, 0.2) is 0 Å². The lowest BCUT2D eigenvalue weighted by Crippen LogP contribution is -2.33. The fourth-order valence-corrected chi connectivity index (χ4v) is 3.13. The number of aliphatic carboxylic acids is 2. The van der Waals surface area contributed by atoms with Crippen LogP contribution in [0.3, 0.4) is 0 Å². The van der Waals surface area contributed by atoms with Gasteiger partial charge in [-0.25, -0.2) is 4.98 Å². The van der Waals surface area contributed by atoms with Gasteiger partial charge in [-0.3, -0.25) is 14.5 Å². The van der Waals surface area contributed by atoms with E-state index in [1.807, 2.05) is 37.3 Å². The summed E-state index contributed by atoms with van der Waals surface area (Å²) in [7, 11) is 0. The van der Waals surface area contributed by atoms with Gasteiger partial charge in [0.1, 0.15) is 11.5 Å². The van der Waals surface area contributed by atoms with Gasteiger partial charge in [0, 0.05) is 18.5 Å². The van der Waals surface area contributed by atoms with Crippen molar-refractivity contribution in [3.63, 3.8) is 0 Å². The van der Waals surface area contributed by atoms with Crippen molar-refractivity contribution in [1.29, 1.82) is 0 Å². The fourth-order valence-electron chi connectivity index (χ4n) is 3.13. The number of hydrogen-bond donors (Lipinski definition) is 2. The summed E-state index contributed by atoms with van der Waals surface area (Å²) in [6.45, 7) is 1.84. The predicted molar refractivity (Wildman–Crippen MR) is 113 cm³/mol. The summed E-state index contributed by atoms with van der Waals surface area (Å²) in [5.74, 6) is -0.129. The largest absolute Gasteiger partial charge is 0.493 e. The molecule has 162 valence electrons. The topological polar surface area (TPSA) is 113 Å². The van der Waals surface area contributed by atoms with Gasteiger partial charge in [0.05, 0.1) is 25.4 Å². The molecule has 0 saturated heterocycles. The first-order valence-corrected chi connectivity index (χ1v) is 9.80. The summed E-state index contributed by atoms with van der Waals surface area (Å²) in [6, 6.07) is 16.8. The third kappa shape index (κ3) is 6.68. The van der Waals surface area contributed by atoms with E-state index in [1.165, 1.54) is 4.90 Å². The number of carboxylic acid groups (broad SMARTS) is 2. The summed E-state index contributed by atoms with van der Waals surface area (Å²) in [5.41, 5.74) is 2.57. The summed E-state index contributed by atoms with van der Waals surface area (Å²) < 4.78 is 11.5. The highest BCUT2D eigenvalue weighted by molar-refractivity contribution is 5.72. The van der Waals surface area contributed by atoms with E-state index in [0.29, 0.717) is 24.7 Å². The molecule has 0 aliphatic rings. The molecule has 2 N–H and O–H groups in total. The van der Waals surface area contributed by atoms with E-state index in [9.17, 15) is 9.59 Å². The Morgan fingerprint density at radius 2 is 1.65 bits per heavy atom. The number of oxazole rings is 1. The average molecular weight is 424 g/mol.